The number of amides is 2. The van der Waals surface area contributed by atoms with Gasteiger partial charge in [-0.3, -0.25) is 9.89 Å². The average Bonchev–Trinajstić information content (AvgIpc) is 2.37. The fourth-order valence-electron chi connectivity index (χ4n) is 1.78. The molecular weight excluding hydrogens is 220 g/mol. The Morgan fingerprint density at radius 3 is 3.12 bits per heavy atom. The Morgan fingerprint density at radius 1 is 1.41 bits per heavy atom. The zero-order valence-electron chi connectivity index (χ0n) is 8.70. The molecule has 2 amide bonds. The van der Waals surface area contributed by atoms with E-state index in [-0.39, 0.29) is 0 Å². The molecule has 0 saturated heterocycles. The van der Waals surface area contributed by atoms with Crippen molar-refractivity contribution in [2.24, 2.45) is 15.7 Å². The van der Waals surface area contributed by atoms with Gasteiger partial charge >= 0.3 is 6.03 Å². The van der Waals surface area contributed by atoms with Crippen LogP contribution in [0.1, 0.15) is 0 Å². The summed E-state index contributed by atoms with van der Waals surface area (Å²) in [6.07, 6.45) is 5.89. The molecule has 0 spiro atoms. The number of primary amides is 1. The topological polar surface area (TPSA) is 80.3 Å². The molecule has 0 unspecified atom stereocenters. The van der Waals surface area contributed by atoms with Crippen molar-refractivity contribution in [3.8, 4) is 0 Å². The summed E-state index contributed by atoms with van der Waals surface area (Å²) in [5.41, 5.74) is 6.52. The zero-order valence-corrected chi connectivity index (χ0v) is 8.70. The number of nitrogens with two attached hydrogens (primary N) is 1. The number of hydrogen-bond donors (Lipinski definition) is 1. The van der Waals surface area contributed by atoms with Gasteiger partial charge in [0, 0.05) is 17.6 Å². The Labute approximate surface area is 96.0 Å². The van der Waals surface area contributed by atoms with E-state index < -0.39 is 6.03 Å². The molecule has 0 bridgehead atoms. The molecule has 6 nitrogen and oxygen atoms in total. The minimum atomic E-state index is -0.576. The molecule has 1 aromatic carbocycles. The van der Waals surface area contributed by atoms with Crippen LogP contribution < -0.4 is 21.2 Å². The van der Waals surface area contributed by atoms with Crippen LogP contribution in [0.2, 0.25) is 0 Å². The third-order valence-electron chi connectivity index (χ3n) is 2.51. The summed E-state index contributed by atoms with van der Waals surface area (Å²) >= 11 is 0. The predicted molar refractivity (Wildman–Crippen MR) is 62.1 cm³/mol. The van der Waals surface area contributed by atoms with E-state index in [9.17, 15) is 4.79 Å². The summed E-state index contributed by atoms with van der Waals surface area (Å²) in [6, 6.07) is 3.04. The average molecular weight is 228 g/mol. The molecule has 0 radical (unpaired) electrons. The highest BCUT2D eigenvalue weighted by Crippen LogP contribution is 2.23. The molecule has 84 valence electrons. The van der Waals surface area contributed by atoms with Gasteiger partial charge in [0.05, 0.1) is 5.36 Å². The fourth-order valence-corrected chi connectivity index (χ4v) is 1.78. The summed E-state index contributed by atoms with van der Waals surface area (Å²) in [6.45, 7) is 0. The van der Waals surface area contributed by atoms with Gasteiger partial charge in [0.2, 0.25) is 0 Å². The highest BCUT2D eigenvalue weighted by atomic mass is 16.5. The van der Waals surface area contributed by atoms with E-state index in [2.05, 4.69) is 9.98 Å². The molecule has 0 aromatic heterocycles. The van der Waals surface area contributed by atoms with E-state index in [1.54, 1.807) is 12.3 Å². The molecule has 17 heavy (non-hydrogen) atoms. The molecule has 0 atom stereocenters. The van der Waals surface area contributed by atoms with Gasteiger partial charge < -0.3 is 10.5 Å². The van der Waals surface area contributed by atoms with Crippen molar-refractivity contribution in [3.63, 3.8) is 0 Å². The van der Waals surface area contributed by atoms with Crippen molar-refractivity contribution in [2.75, 3.05) is 4.90 Å². The number of ether oxygens (including phenoxy) is 1. The molecule has 3 rings (SSSR count). The molecule has 2 aliphatic heterocycles. The molecule has 6 heteroatoms. The molecule has 1 aromatic rings. The maximum Gasteiger partial charge on any atom is 0.323 e. The van der Waals surface area contributed by atoms with Crippen molar-refractivity contribution >= 4 is 30.1 Å². The van der Waals surface area contributed by atoms with E-state index >= 15 is 0 Å². The Kier molecular flexibility index (Phi) is 1.94. The van der Waals surface area contributed by atoms with Crippen LogP contribution in [0.4, 0.5) is 16.2 Å². The first-order valence-electron chi connectivity index (χ1n) is 4.92. The maximum atomic E-state index is 11.4. The Bertz CT molecular complexity index is 675. The van der Waals surface area contributed by atoms with Gasteiger partial charge in [0.25, 0.3) is 0 Å². The quantitative estimate of drug-likeness (QED) is 0.683. The van der Waals surface area contributed by atoms with Crippen LogP contribution in [-0.2, 0) is 4.74 Å². The Morgan fingerprint density at radius 2 is 2.29 bits per heavy atom. The number of aliphatic imine (C=N–C) groups is 1. The molecule has 2 N–H and O–H groups in total. The number of anilines is 1. The first-order valence-corrected chi connectivity index (χ1v) is 4.92. The first-order chi connectivity index (χ1) is 8.27. The second-order valence-electron chi connectivity index (χ2n) is 3.50. The number of urea groups is 1. The monoisotopic (exact) mass is 228 g/mol. The lowest BCUT2D eigenvalue weighted by Crippen LogP contribution is -2.37. The molecule has 0 fully saturated rings. The lowest BCUT2D eigenvalue weighted by molar-refractivity contribution is 0.255. The third kappa shape index (κ3) is 1.38. The van der Waals surface area contributed by atoms with Gasteiger partial charge in [-0.1, -0.05) is 0 Å². The van der Waals surface area contributed by atoms with Gasteiger partial charge in [-0.15, -0.1) is 0 Å². The number of rotatable bonds is 0. The van der Waals surface area contributed by atoms with Gasteiger partial charge in [0.15, 0.2) is 6.40 Å². The Balaban J connectivity index is 2.37. The fraction of sp³-hybridized carbons (Fsp3) is 0. The van der Waals surface area contributed by atoms with Crippen LogP contribution in [0, 0.1) is 0 Å². The summed E-state index contributed by atoms with van der Waals surface area (Å²) in [7, 11) is 0. The smallest absolute Gasteiger partial charge is 0.323 e. The van der Waals surface area contributed by atoms with Gasteiger partial charge in [0.1, 0.15) is 17.6 Å². The van der Waals surface area contributed by atoms with Gasteiger partial charge in [-0.25, -0.2) is 9.79 Å². The molecule has 2 aliphatic rings. The van der Waals surface area contributed by atoms with Crippen molar-refractivity contribution < 1.29 is 9.53 Å². The van der Waals surface area contributed by atoms with Crippen molar-refractivity contribution in [2.45, 2.75) is 0 Å². The van der Waals surface area contributed by atoms with Gasteiger partial charge in [-0.2, -0.15) is 0 Å². The van der Waals surface area contributed by atoms with Crippen LogP contribution in [0.15, 0.2) is 34.5 Å². The largest absolute Gasteiger partial charge is 0.453 e. The van der Waals surface area contributed by atoms with Crippen LogP contribution in [0.3, 0.4) is 0 Å². The number of hydrogen-bond acceptors (Lipinski definition) is 4. The third-order valence-corrected chi connectivity index (χ3v) is 2.51. The first kappa shape index (κ1) is 9.59. The lowest BCUT2D eigenvalue weighted by atomic mass is 10.2. The summed E-state index contributed by atoms with van der Waals surface area (Å²) in [5, 5.41) is 1.43. The molecular formula is C11H8N4O2. The number of fused-ring (bicyclic) bond motifs is 3. The standard InChI is InChI=1S/C11H8N4O2/c12-11(16)15-4-3-13-8-2-1-7-5-17-6-14-9(7)10(8)15/h1-6H,(H2,12,16). The van der Waals surface area contributed by atoms with Crippen molar-refractivity contribution in [3.05, 3.63) is 35.1 Å². The number of carbonyl (C=O) groups excluding carboxylic acids is 1. The minimum absolute atomic E-state index is 0.576. The highest BCUT2D eigenvalue weighted by molar-refractivity contribution is 5.96. The Hall–Kier alpha value is -2.63. The summed E-state index contributed by atoms with van der Waals surface area (Å²) < 4.78 is 4.98. The number of carbonyl (C=O) groups is 1. The van der Waals surface area contributed by atoms with E-state index in [1.807, 2.05) is 6.07 Å². The second kappa shape index (κ2) is 3.44. The number of benzene rings is 1. The molecule has 0 aliphatic carbocycles. The SMILES string of the molecule is NC(=O)N1C=CN=c2ccc3c(c21)N=COC=3. The predicted octanol–water partition coefficient (Wildman–Crippen LogP) is 0.104. The van der Waals surface area contributed by atoms with Crippen LogP contribution in [0.25, 0.3) is 6.26 Å². The van der Waals surface area contributed by atoms with Crippen molar-refractivity contribution in [1.29, 1.82) is 0 Å². The van der Waals surface area contributed by atoms with Crippen LogP contribution >= 0.6 is 0 Å². The summed E-state index contributed by atoms with van der Waals surface area (Å²) in [4.78, 5) is 21.0. The zero-order chi connectivity index (χ0) is 11.8. The highest BCUT2D eigenvalue weighted by Gasteiger charge is 2.19. The van der Waals surface area contributed by atoms with E-state index in [0.29, 0.717) is 16.7 Å². The van der Waals surface area contributed by atoms with Crippen molar-refractivity contribution in [1.82, 2.24) is 0 Å². The lowest BCUT2D eigenvalue weighted by Gasteiger charge is -2.20. The minimum Gasteiger partial charge on any atom is -0.453 e. The van der Waals surface area contributed by atoms with E-state index in [4.69, 9.17) is 10.5 Å². The second-order valence-corrected chi connectivity index (χ2v) is 3.50. The maximum absolute atomic E-state index is 11.4. The number of nitrogens with zero attached hydrogens (tertiary/aromatic N) is 3. The van der Waals surface area contributed by atoms with Crippen LogP contribution in [0.5, 0.6) is 0 Å². The van der Waals surface area contributed by atoms with Gasteiger partial charge in [-0.05, 0) is 12.1 Å². The summed E-state index contributed by atoms with van der Waals surface area (Å²) in [5.74, 6) is 0. The van der Waals surface area contributed by atoms with Crippen LogP contribution in [-0.4, -0.2) is 12.4 Å². The normalized spacial score (nSPS) is 15.2. The van der Waals surface area contributed by atoms with E-state index in [0.717, 1.165) is 5.22 Å². The molecule has 2 heterocycles. The molecule has 0 saturated carbocycles. The van der Waals surface area contributed by atoms with E-state index in [1.165, 1.54) is 23.7 Å².